The lowest BCUT2D eigenvalue weighted by molar-refractivity contribution is -0.153. The Morgan fingerprint density at radius 2 is 1.64 bits per heavy atom. The first kappa shape index (κ1) is 21.4. The molecule has 2 aliphatic rings. The van der Waals surface area contributed by atoms with Gasteiger partial charge in [0.1, 0.15) is 0 Å². The fraction of sp³-hybridized carbons (Fsp3) is 0.321. The second kappa shape index (κ2) is 9.57. The van der Waals surface area contributed by atoms with E-state index in [0.717, 1.165) is 35.1 Å². The number of amides is 1. The highest BCUT2D eigenvalue weighted by Gasteiger charge is 2.33. The number of esters is 1. The summed E-state index contributed by atoms with van der Waals surface area (Å²) in [6.45, 7) is -0.274. The summed E-state index contributed by atoms with van der Waals surface area (Å²) in [6.07, 6.45) is 5.52. The minimum Gasteiger partial charge on any atom is -0.455 e. The van der Waals surface area contributed by atoms with Crippen molar-refractivity contribution in [2.24, 2.45) is 11.0 Å². The fourth-order valence-electron chi connectivity index (χ4n) is 4.94. The molecule has 3 aromatic rings. The lowest BCUT2D eigenvalue weighted by atomic mass is 9.97. The van der Waals surface area contributed by atoms with Crippen molar-refractivity contribution < 1.29 is 14.3 Å². The maximum absolute atomic E-state index is 13.1. The molecular formula is C28H28N2O3. The van der Waals surface area contributed by atoms with Crippen LogP contribution in [-0.4, -0.2) is 29.2 Å². The van der Waals surface area contributed by atoms with Gasteiger partial charge in [0.05, 0.1) is 11.8 Å². The first-order valence-corrected chi connectivity index (χ1v) is 11.8. The van der Waals surface area contributed by atoms with Crippen LogP contribution in [0, 0.1) is 5.92 Å². The van der Waals surface area contributed by atoms with Gasteiger partial charge in [0.15, 0.2) is 6.61 Å². The summed E-state index contributed by atoms with van der Waals surface area (Å²) in [5.41, 5.74) is 2.88. The molecule has 1 saturated carbocycles. The minimum absolute atomic E-state index is 0.214. The molecule has 1 unspecified atom stereocenters. The predicted molar refractivity (Wildman–Crippen MR) is 129 cm³/mol. The molecule has 1 atom stereocenters. The molecule has 5 rings (SSSR count). The van der Waals surface area contributed by atoms with Gasteiger partial charge in [-0.15, -0.1) is 0 Å². The van der Waals surface area contributed by atoms with E-state index < -0.39 is 0 Å². The van der Waals surface area contributed by atoms with E-state index in [-0.39, 0.29) is 24.5 Å². The lowest BCUT2D eigenvalue weighted by Crippen LogP contribution is -2.31. The van der Waals surface area contributed by atoms with Crippen molar-refractivity contribution in [3.8, 4) is 0 Å². The molecule has 0 aromatic heterocycles. The van der Waals surface area contributed by atoms with Gasteiger partial charge in [0.25, 0.3) is 5.91 Å². The Balaban J connectivity index is 1.35. The van der Waals surface area contributed by atoms with Gasteiger partial charge in [0.2, 0.25) is 0 Å². The van der Waals surface area contributed by atoms with Crippen LogP contribution in [0.2, 0.25) is 0 Å². The number of ether oxygens (including phenoxy) is 1. The molecular weight excluding hydrogens is 412 g/mol. The summed E-state index contributed by atoms with van der Waals surface area (Å²) in [5.74, 6) is -0.183. The highest BCUT2D eigenvalue weighted by molar-refractivity contribution is 6.05. The molecule has 168 valence electrons. The molecule has 1 aliphatic carbocycles. The van der Waals surface area contributed by atoms with Gasteiger partial charge >= 0.3 is 5.97 Å². The van der Waals surface area contributed by atoms with Crippen LogP contribution in [0.5, 0.6) is 0 Å². The van der Waals surface area contributed by atoms with E-state index in [4.69, 9.17) is 9.84 Å². The number of carbonyl (C=O) groups is 2. The summed E-state index contributed by atoms with van der Waals surface area (Å²) in [6, 6.07) is 24.2. The zero-order chi connectivity index (χ0) is 22.6. The van der Waals surface area contributed by atoms with Gasteiger partial charge in [-0.3, -0.25) is 9.59 Å². The first-order chi connectivity index (χ1) is 16.2. The van der Waals surface area contributed by atoms with Crippen LogP contribution in [0.1, 0.15) is 55.7 Å². The molecule has 0 bridgehead atoms. The van der Waals surface area contributed by atoms with Crippen molar-refractivity contribution in [2.75, 3.05) is 6.61 Å². The van der Waals surface area contributed by atoms with Crippen molar-refractivity contribution in [1.82, 2.24) is 5.01 Å². The molecule has 0 radical (unpaired) electrons. The van der Waals surface area contributed by atoms with Crippen LogP contribution in [-0.2, 0) is 14.3 Å². The van der Waals surface area contributed by atoms with E-state index in [1.807, 2.05) is 42.5 Å². The molecule has 1 amide bonds. The molecule has 3 aromatic carbocycles. The predicted octanol–water partition coefficient (Wildman–Crippen LogP) is 5.64. The quantitative estimate of drug-likeness (QED) is 0.466. The number of fused-ring (bicyclic) bond motifs is 1. The number of rotatable bonds is 6. The van der Waals surface area contributed by atoms with Crippen molar-refractivity contribution in [3.05, 3.63) is 83.9 Å². The SMILES string of the molecule is O=C(CC1CCCC1)OCC(=O)N1N=C(c2ccc3ccccc3c2)CC1c1ccccc1. The zero-order valence-corrected chi connectivity index (χ0v) is 18.7. The Morgan fingerprint density at radius 3 is 2.42 bits per heavy atom. The third-order valence-corrected chi connectivity index (χ3v) is 6.72. The van der Waals surface area contributed by atoms with E-state index in [9.17, 15) is 9.59 Å². The van der Waals surface area contributed by atoms with Crippen LogP contribution in [0.4, 0.5) is 0 Å². The number of hydrazone groups is 1. The molecule has 1 aliphatic heterocycles. The van der Waals surface area contributed by atoms with E-state index in [1.165, 1.54) is 23.2 Å². The molecule has 1 fully saturated rings. The van der Waals surface area contributed by atoms with Crippen LogP contribution in [0.15, 0.2) is 77.9 Å². The highest BCUT2D eigenvalue weighted by atomic mass is 16.5. The Bertz CT molecular complexity index is 1180. The summed E-state index contributed by atoms with van der Waals surface area (Å²) in [4.78, 5) is 25.4. The first-order valence-electron chi connectivity index (χ1n) is 11.8. The van der Waals surface area contributed by atoms with E-state index in [1.54, 1.807) is 0 Å². The summed E-state index contributed by atoms with van der Waals surface area (Å²) < 4.78 is 5.36. The fourth-order valence-corrected chi connectivity index (χ4v) is 4.94. The van der Waals surface area contributed by atoms with Crippen LogP contribution in [0.3, 0.4) is 0 Å². The average molecular weight is 441 g/mol. The normalized spacial score (nSPS) is 18.5. The molecule has 0 N–H and O–H groups in total. The smallest absolute Gasteiger partial charge is 0.306 e. The zero-order valence-electron chi connectivity index (χ0n) is 18.7. The summed E-state index contributed by atoms with van der Waals surface area (Å²) in [7, 11) is 0. The number of benzene rings is 3. The summed E-state index contributed by atoms with van der Waals surface area (Å²) in [5, 5.41) is 8.52. The third-order valence-electron chi connectivity index (χ3n) is 6.72. The van der Waals surface area contributed by atoms with Crippen molar-refractivity contribution in [2.45, 2.75) is 44.6 Å². The Morgan fingerprint density at radius 1 is 0.909 bits per heavy atom. The molecule has 0 saturated heterocycles. The number of nitrogens with zero attached hydrogens (tertiary/aromatic N) is 2. The maximum atomic E-state index is 13.1. The molecule has 0 spiro atoms. The summed E-state index contributed by atoms with van der Waals surface area (Å²) >= 11 is 0. The average Bonchev–Trinajstić information content (AvgIpc) is 3.53. The van der Waals surface area contributed by atoms with E-state index in [0.29, 0.717) is 18.8 Å². The van der Waals surface area contributed by atoms with Crippen molar-refractivity contribution in [1.29, 1.82) is 0 Å². The van der Waals surface area contributed by atoms with E-state index >= 15 is 0 Å². The van der Waals surface area contributed by atoms with Gasteiger partial charge in [-0.1, -0.05) is 79.6 Å². The number of carbonyl (C=O) groups excluding carboxylic acids is 2. The standard InChI is InChI=1S/C28H28N2O3/c31-27(19-33-28(32)16-20-8-4-5-9-20)30-26(22-11-2-1-3-12-22)18-25(29-30)24-15-14-21-10-6-7-13-23(21)17-24/h1-3,6-7,10-15,17,20,26H,4-5,8-9,16,18-19H2. The highest BCUT2D eigenvalue weighted by Crippen LogP contribution is 2.33. The van der Waals surface area contributed by atoms with Crippen LogP contribution in [0.25, 0.3) is 10.8 Å². The molecule has 5 heteroatoms. The second-order valence-electron chi connectivity index (χ2n) is 8.99. The minimum atomic E-state index is -0.292. The Labute approximate surface area is 194 Å². The number of hydrogen-bond acceptors (Lipinski definition) is 4. The Kier molecular flexibility index (Phi) is 6.20. The van der Waals surface area contributed by atoms with Gasteiger partial charge in [0, 0.05) is 12.8 Å². The van der Waals surface area contributed by atoms with Gasteiger partial charge in [-0.2, -0.15) is 5.10 Å². The van der Waals surface area contributed by atoms with E-state index in [2.05, 4.69) is 30.3 Å². The van der Waals surface area contributed by atoms with Crippen molar-refractivity contribution >= 4 is 28.4 Å². The Hall–Kier alpha value is -3.47. The maximum Gasteiger partial charge on any atom is 0.306 e. The van der Waals surface area contributed by atoms with Crippen LogP contribution >= 0.6 is 0 Å². The molecule has 1 heterocycles. The monoisotopic (exact) mass is 440 g/mol. The van der Waals surface area contributed by atoms with Crippen LogP contribution < -0.4 is 0 Å². The van der Waals surface area contributed by atoms with Crippen molar-refractivity contribution in [3.63, 3.8) is 0 Å². The lowest BCUT2D eigenvalue weighted by Gasteiger charge is -2.22. The largest absolute Gasteiger partial charge is 0.455 e. The molecule has 33 heavy (non-hydrogen) atoms. The third kappa shape index (κ3) is 4.82. The molecule has 5 nitrogen and oxygen atoms in total. The topological polar surface area (TPSA) is 59.0 Å². The van der Waals surface area contributed by atoms with Gasteiger partial charge in [-0.25, -0.2) is 5.01 Å². The second-order valence-corrected chi connectivity index (χ2v) is 8.99. The number of hydrogen-bond donors (Lipinski definition) is 0. The van der Waals surface area contributed by atoms with Gasteiger partial charge < -0.3 is 4.74 Å². The van der Waals surface area contributed by atoms with Gasteiger partial charge in [-0.05, 0) is 46.7 Å².